The van der Waals surface area contributed by atoms with Crippen molar-refractivity contribution in [2.45, 2.75) is 6.42 Å². The fourth-order valence-electron chi connectivity index (χ4n) is 2.26. The molecule has 0 aliphatic rings. The fraction of sp³-hybridized carbons (Fsp3) is 0.0625. The summed E-state index contributed by atoms with van der Waals surface area (Å²) in [6, 6.07) is 10.6. The summed E-state index contributed by atoms with van der Waals surface area (Å²) in [7, 11) is 0. The number of aromatic amines is 1. The van der Waals surface area contributed by atoms with Gasteiger partial charge < -0.3 is 4.98 Å². The highest BCUT2D eigenvalue weighted by molar-refractivity contribution is 6.42. The lowest BCUT2D eigenvalue weighted by Crippen LogP contribution is -2.02. The largest absolute Gasteiger partial charge is 0.360 e. The Balaban J connectivity index is 1.91. The minimum atomic E-state index is 0.0157. The van der Waals surface area contributed by atoms with E-state index >= 15 is 0 Å². The topological polar surface area (TPSA) is 32.9 Å². The predicted octanol–water partition coefficient (Wildman–Crippen LogP) is 5.55. The molecule has 2 nitrogen and oxygen atoms in total. The third kappa shape index (κ3) is 2.93. The van der Waals surface area contributed by atoms with Gasteiger partial charge in [-0.05, 0) is 29.8 Å². The lowest BCUT2D eigenvalue weighted by molar-refractivity contribution is 0.0994. The molecule has 0 spiro atoms. The number of hydrogen-bond donors (Lipinski definition) is 1. The Morgan fingerprint density at radius 2 is 1.81 bits per heavy atom. The summed E-state index contributed by atoms with van der Waals surface area (Å²) in [6.07, 6.45) is 1.98. The van der Waals surface area contributed by atoms with E-state index in [9.17, 15) is 4.79 Å². The van der Waals surface area contributed by atoms with Crippen molar-refractivity contribution in [1.29, 1.82) is 0 Å². The van der Waals surface area contributed by atoms with Gasteiger partial charge >= 0.3 is 0 Å². The number of hydrogen-bond acceptors (Lipinski definition) is 1. The van der Waals surface area contributed by atoms with Crippen LogP contribution in [0.5, 0.6) is 0 Å². The molecule has 0 radical (unpaired) electrons. The van der Waals surface area contributed by atoms with E-state index < -0.39 is 0 Å². The molecule has 0 amide bonds. The first kappa shape index (κ1) is 14.5. The number of carbonyl (C=O) groups excluding carboxylic acids is 1. The molecule has 106 valence electrons. The number of rotatable bonds is 3. The summed E-state index contributed by atoms with van der Waals surface area (Å²) >= 11 is 17.8. The Morgan fingerprint density at radius 3 is 2.57 bits per heavy atom. The van der Waals surface area contributed by atoms with Crippen LogP contribution in [-0.4, -0.2) is 10.8 Å². The number of ketones is 1. The molecule has 0 fully saturated rings. The van der Waals surface area contributed by atoms with Gasteiger partial charge in [0.2, 0.25) is 0 Å². The second-order valence-corrected chi connectivity index (χ2v) is 5.99. The van der Waals surface area contributed by atoms with Crippen molar-refractivity contribution in [2.75, 3.05) is 0 Å². The van der Waals surface area contributed by atoms with Gasteiger partial charge in [0.1, 0.15) is 0 Å². The van der Waals surface area contributed by atoms with Crippen molar-refractivity contribution in [3.8, 4) is 0 Å². The highest BCUT2D eigenvalue weighted by Gasteiger charge is 2.13. The van der Waals surface area contributed by atoms with Crippen molar-refractivity contribution >= 4 is 51.5 Å². The number of H-pyrrole nitrogens is 1. The molecule has 1 N–H and O–H groups in total. The maximum Gasteiger partial charge on any atom is 0.169 e. The average molecular weight is 339 g/mol. The summed E-state index contributed by atoms with van der Waals surface area (Å²) in [5, 5.41) is 2.43. The number of Topliss-reactive ketones (excluding diaryl/α,β-unsaturated/α-hetero) is 1. The molecule has 0 aliphatic heterocycles. The van der Waals surface area contributed by atoms with Crippen LogP contribution in [0.25, 0.3) is 10.9 Å². The number of nitrogens with one attached hydrogen (secondary N) is 1. The summed E-state index contributed by atoms with van der Waals surface area (Å²) in [5.41, 5.74) is 2.32. The Morgan fingerprint density at radius 1 is 1.00 bits per heavy atom. The van der Waals surface area contributed by atoms with E-state index in [0.717, 1.165) is 16.5 Å². The van der Waals surface area contributed by atoms with E-state index in [1.165, 1.54) is 0 Å². The van der Waals surface area contributed by atoms with Crippen molar-refractivity contribution in [3.63, 3.8) is 0 Å². The van der Waals surface area contributed by atoms with Crippen LogP contribution in [0.2, 0.25) is 15.1 Å². The minimum Gasteiger partial charge on any atom is -0.360 e. The van der Waals surface area contributed by atoms with E-state index in [1.54, 1.807) is 36.5 Å². The Bertz CT molecular complexity index is 839. The molecule has 3 aromatic rings. The van der Waals surface area contributed by atoms with Gasteiger partial charge in [-0.2, -0.15) is 0 Å². The number of aromatic nitrogens is 1. The second kappa shape index (κ2) is 5.72. The number of benzene rings is 2. The average Bonchev–Trinajstić information content (AvgIpc) is 2.85. The molecular formula is C16H10Cl3NO. The zero-order valence-corrected chi connectivity index (χ0v) is 13.1. The quantitative estimate of drug-likeness (QED) is 0.624. The molecule has 3 rings (SSSR count). The monoisotopic (exact) mass is 337 g/mol. The normalized spacial score (nSPS) is 11.0. The van der Waals surface area contributed by atoms with E-state index in [0.29, 0.717) is 20.6 Å². The predicted molar refractivity (Wildman–Crippen MR) is 87.8 cm³/mol. The van der Waals surface area contributed by atoms with Gasteiger partial charge in [0.05, 0.1) is 10.0 Å². The third-order valence-corrected chi connectivity index (χ3v) is 4.27. The minimum absolute atomic E-state index is 0.0157. The molecule has 0 unspecified atom stereocenters. The number of carbonyl (C=O) groups is 1. The van der Waals surface area contributed by atoms with Gasteiger partial charge in [-0.15, -0.1) is 0 Å². The molecule has 1 heterocycles. The maximum absolute atomic E-state index is 12.4. The zero-order chi connectivity index (χ0) is 15.0. The van der Waals surface area contributed by atoms with Gasteiger partial charge in [-0.1, -0.05) is 46.9 Å². The van der Waals surface area contributed by atoms with Gasteiger partial charge in [0.25, 0.3) is 0 Å². The summed E-state index contributed by atoms with van der Waals surface area (Å²) < 4.78 is 0. The number of halogens is 3. The van der Waals surface area contributed by atoms with Crippen LogP contribution >= 0.6 is 34.8 Å². The molecule has 2 aromatic carbocycles. The SMILES string of the molecule is O=C(Cc1ccc(Cl)c(Cl)c1)c1c[nH]c2cc(Cl)ccc12. The van der Waals surface area contributed by atoms with Crippen LogP contribution in [0.15, 0.2) is 42.6 Å². The highest BCUT2D eigenvalue weighted by Crippen LogP contribution is 2.25. The first-order chi connectivity index (χ1) is 10.0. The van der Waals surface area contributed by atoms with E-state index in [1.807, 2.05) is 6.07 Å². The molecule has 0 saturated carbocycles. The van der Waals surface area contributed by atoms with Crippen molar-refractivity contribution < 1.29 is 4.79 Å². The highest BCUT2D eigenvalue weighted by atomic mass is 35.5. The van der Waals surface area contributed by atoms with Crippen LogP contribution in [0.4, 0.5) is 0 Å². The Hall–Kier alpha value is -1.48. The lowest BCUT2D eigenvalue weighted by atomic mass is 10.0. The number of fused-ring (bicyclic) bond motifs is 1. The van der Waals surface area contributed by atoms with Crippen molar-refractivity contribution in [1.82, 2.24) is 4.98 Å². The molecule has 21 heavy (non-hydrogen) atoms. The van der Waals surface area contributed by atoms with Crippen molar-refractivity contribution in [3.05, 3.63) is 68.8 Å². The first-order valence-electron chi connectivity index (χ1n) is 6.28. The smallest absolute Gasteiger partial charge is 0.169 e. The summed E-state index contributed by atoms with van der Waals surface area (Å²) in [5.74, 6) is 0.0157. The lowest BCUT2D eigenvalue weighted by Gasteiger charge is -2.03. The molecular weight excluding hydrogens is 329 g/mol. The van der Waals surface area contributed by atoms with Crippen molar-refractivity contribution in [2.24, 2.45) is 0 Å². The van der Waals surface area contributed by atoms with E-state index in [4.69, 9.17) is 34.8 Å². The van der Waals surface area contributed by atoms with Gasteiger partial charge in [0, 0.05) is 34.1 Å². The molecule has 0 atom stereocenters. The van der Waals surface area contributed by atoms with Crippen LogP contribution in [-0.2, 0) is 6.42 Å². The fourth-order valence-corrected chi connectivity index (χ4v) is 2.75. The van der Waals surface area contributed by atoms with E-state index in [-0.39, 0.29) is 12.2 Å². The third-order valence-electron chi connectivity index (χ3n) is 3.29. The Kier molecular flexibility index (Phi) is 3.94. The van der Waals surface area contributed by atoms with Gasteiger partial charge in [-0.25, -0.2) is 0 Å². The van der Waals surface area contributed by atoms with Crippen LogP contribution in [0, 0.1) is 0 Å². The summed E-state index contributed by atoms with van der Waals surface area (Å²) in [6.45, 7) is 0. The van der Waals surface area contributed by atoms with Gasteiger partial charge in [0.15, 0.2) is 5.78 Å². The molecule has 1 aromatic heterocycles. The summed E-state index contributed by atoms with van der Waals surface area (Å²) in [4.78, 5) is 15.5. The maximum atomic E-state index is 12.4. The first-order valence-corrected chi connectivity index (χ1v) is 7.42. The van der Waals surface area contributed by atoms with Crippen LogP contribution in [0.1, 0.15) is 15.9 Å². The Labute approximate surface area is 136 Å². The van der Waals surface area contributed by atoms with E-state index in [2.05, 4.69) is 4.98 Å². The van der Waals surface area contributed by atoms with Crippen LogP contribution in [0.3, 0.4) is 0 Å². The standard InChI is InChI=1S/C16H10Cl3NO/c17-10-2-3-11-12(8-20-15(11)7-10)16(21)6-9-1-4-13(18)14(19)5-9/h1-5,7-8,20H,6H2. The molecule has 0 aliphatic carbocycles. The van der Waals surface area contributed by atoms with Crippen LogP contribution < -0.4 is 0 Å². The zero-order valence-electron chi connectivity index (χ0n) is 10.8. The molecule has 5 heteroatoms. The molecule has 0 bridgehead atoms. The van der Waals surface area contributed by atoms with Gasteiger partial charge in [-0.3, -0.25) is 4.79 Å². The molecule has 0 saturated heterocycles. The second-order valence-electron chi connectivity index (χ2n) is 4.74.